The van der Waals surface area contributed by atoms with E-state index in [4.69, 9.17) is 14.2 Å². The van der Waals surface area contributed by atoms with Crippen LogP contribution in [0.2, 0.25) is 0 Å². The fraction of sp³-hybridized carbons (Fsp3) is 0.565. The molecule has 2 heterocycles. The number of ether oxygens (including phenoxy) is 3. The number of allylic oxidation sites excluding steroid dienone is 3. The number of rotatable bonds is 4. The molecule has 1 aromatic carbocycles. The van der Waals surface area contributed by atoms with E-state index in [9.17, 15) is 5.11 Å². The summed E-state index contributed by atoms with van der Waals surface area (Å²) in [4.78, 5) is 0. The van der Waals surface area contributed by atoms with Crippen LogP contribution in [0.1, 0.15) is 51.2 Å². The van der Waals surface area contributed by atoms with E-state index in [1.165, 1.54) is 11.1 Å². The molecule has 4 nitrogen and oxygen atoms in total. The van der Waals surface area contributed by atoms with E-state index in [1.807, 2.05) is 0 Å². The Hall–Kier alpha value is -2.10. The minimum atomic E-state index is -0.110. The number of hydrogen-bond acceptors (Lipinski definition) is 4. The van der Waals surface area contributed by atoms with Gasteiger partial charge in [-0.05, 0) is 63.7 Å². The van der Waals surface area contributed by atoms with Gasteiger partial charge in [-0.3, -0.25) is 0 Å². The van der Waals surface area contributed by atoms with Gasteiger partial charge in [0.25, 0.3) is 0 Å². The molecule has 4 rings (SSSR count). The summed E-state index contributed by atoms with van der Waals surface area (Å²) in [5.41, 5.74) is 2.34. The molecule has 1 aromatic rings. The molecule has 1 aliphatic carbocycles. The summed E-state index contributed by atoms with van der Waals surface area (Å²) in [6, 6.07) is 4.23. The molecule has 27 heavy (non-hydrogen) atoms. The van der Waals surface area contributed by atoms with Gasteiger partial charge in [0, 0.05) is 23.5 Å². The molecule has 2 unspecified atom stereocenters. The highest BCUT2D eigenvalue weighted by Gasteiger charge is 2.35. The summed E-state index contributed by atoms with van der Waals surface area (Å²) in [5.74, 6) is 3.56. The van der Waals surface area contributed by atoms with Gasteiger partial charge in [-0.2, -0.15) is 0 Å². The fourth-order valence-electron chi connectivity index (χ4n) is 4.33. The van der Waals surface area contributed by atoms with Crippen molar-refractivity contribution in [1.29, 1.82) is 0 Å². The maximum Gasteiger partial charge on any atom is 0.129 e. The first-order valence-corrected chi connectivity index (χ1v) is 10.2. The summed E-state index contributed by atoms with van der Waals surface area (Å²) in [6.07, 6.45) is 8.56. The second kappa shape index (κ2) is 7.14. The largest absolute Gasteiger partial charge is 0.512 e. The Kier molecular flexibility index (Phi) is 4.83. The Labute approximate surface area is 161 Å². The zero-order valence-corrected chi connectivity index (χ0v) is 16.6. The van der Waals surface area contributed by atoms with Crippen molar-refractivity contribution in [2.75, 3.05) is 13.2 Å². The molecule has 4 heteroatoms. The molecule has 0 radical (unpaired) electrons. The molecule has 0 bridgehead atoms. The van der Waals surface area contributed by atoms with Crippen molar-refractivity contribution in [1.82, 2.24) is 0 Å². The van der Waals surface area contributed by atoms with E-state index in [2.05, 4.69) is 39.0 Å². The van der Waals surface area contributed by atoms with Crippen LogP contribution in [0.15, 0.2) is 35.8 Å². The number of fused-ring (bicyclic) bond motifs is 3. The third-order valence-corrected chi connectivity index (χ3v) is 5.87. The first-order valence-electron chi connectivity index (χ1n) is 10.2. The molecule has 0 spiro atoms. The Balaban J connectivity index is 1.49. The summed E-state index contributed by atoms with van der Waals surface area (Å²) in [5, 5.41) is 10.6. The number of aliphatic hydroxyl groups is 1. The van der Waals surface area contributed by atoms with Gasteiger partial charge >= 0.3 is 0 Å². The highest BCUT2D eigenvalue weighted by atomic mass is 16.5. The van der Waals surface area contributed by atoms with Crippen molar-refractivity contribution < 1.29 is 19.3 Å². The summed E-state index contributed by atoms with van der Waals surface area (Å²) in [6.45, 7) is 7.67. The van der Waals surface area contributed by atoms with E-state index >= 15 is 0 Å². The predicted octanol–water partition coefficient (Wildman–Crippen LogP) is 5.11. The van der Waals surface area contributed by atoms with Crippen LogP contribution >= 0.6 is 0 Å². The van der Waals surface area contributed by atoms with Gasteiger partial charge in [0.1, 0.15) is 22.9 Å². The van der Waals surface area contributed by atoms with Crippen molar-refractivity contribution in [3.8, 4) is 11.5 Å². The lowest BCUT2D eigenvalue weighted by atomic mass is 9.79. The van der Waals surface area contributed by atoms with Crippen LogP contribution < -0.4 is 9.47 Å². The van der Waals surface area contributed by atoms with Crippen LogP contribution in [0.25, 0.3) is 0 Å². The molecule has 0 saturated carbocycles. The molecule has 2 atom stereocenters. The number of benzene rings is 1. The third kappa shape index (κ3) is 3.67. The molecule has 2 aliphatic heterocycles. The smallest absolute Gasteiger partial charge is 0.129 e. The standard InChI is InChI=1S/C23H30O4/c1-4-11-25-17-6-7-18(20(24)13-17)16-12-15-5-8-21-19(22(15)26-14-16)9-10-23(2,3)27-21/h5-6,8,13,16,18,24H,4,7,9-12,14H2,1-3H3. The molecule has 3 aliphatic rings. The van der Waals surface area contributed by atoms with Crippen molar-refractivity contribution in [2.45, 2.75) is 58.5 Å². The van der Waals surface area contributed by atoms with E-state index in [-0.39, 0.29) is 17.4 Å². The molecule has 1 N–H and O–H groups in total. The minimum absolute atomic E-state index is 0.0957. The Morgan fingerprint density at radius 3 is 2.93 bits per heavy atom. The van der Waals surface area contributed by atoms with Crippen molar-refractivity contribution in [3.63, 3.8) is 0 Å². The predicted molar refractivity (Wildman–Crippen MR) is 105 cm³/mol. The summed E-state index contributed by atoms with van der Waals surface area (Å²) in [7, 11) is 0. The SMILES string of the molecule is CCCOC1=CCC(C2COc3c(ccc4c3CCC(C)(C)O4)C2)C(O)=C1. The van der Waals surface area contributed by atoms with Gasteiger partial charge in [0.05, 0.1) is 19.0 Å². The zero-order valence-electron chi connectivity index (χ0n) is 16.6. The molecule has 0 saturated heterocycles. The highest BCUT2D eigenvalue weighted by molar-refractivity contribution is 5.52. The number of aliphatic hydroxyl groups excluding tert-OH is 1. The maximum absolute atomic E-state index is 10.6. The van der Waals surface area contributed by atoms with Gasteiger partial charge in [0.15, 0.2) is 0 Å². The van der Waals surface area contributed by atoms with Gasteiger partial charge in [-0.15, -0.1) is 0 Å². The molecule has 0 aromatic heterocycles. The van der Waals surface area contributed by atoms with E-state index < -0.39 is 0 Å². The number of hydrogen-bond donors (Lipinski definition) is 1. The topological polar surface area (TPSA) is 47.9 Å². The molecular weight excluding hydrogens is 340 g/mol. The molecule has 146 valence electrons. The molecular formula is C23H30O4. The van der Waals surface area contributed by atoms with Crippen LogP contribution in [0.4, 0.5) is 0 Å². The second-order valence-electron chi connectivity index (χ2n) is 8.53. The van der Waals surface area contributed by atoms with Crippen LogP contribution in [-0.4, -0.2) is 23.9 Å². The Morgan fingerprint density at radius 2 is 2.15 bits per heavy atom. The lowest BCUT2D eigenvalue weighted by Crippen LogP contribution is -2.34. The van der Waals surface area contributed by atoms with E-state index in [0.717, 1.165) is 49.4 Å². The van der Waals surface area contributed by atoms with Crippen LogP contribution in [0.3, 0.4) is 0 Å². The van der Waals surface area contributed by atoms with Crippen molar-refractivity contribution >= 4 is 0 Å². The van der Waals surface area contributed by atoms with Crippen LogP contribution in [-0.2, 0) is 17.6 Å². The lowest BCUT2D eigenvalue weighted by molar-refractivity contribution is 0.0812. The fourth-order valence-corrected chi connectivity index (χ4v) is 4.33. The van der Waals surface area contributed by atoms with Gasteiger partial charge in [0.2, 0.25) is 0 Å². The van der Waals surface area contributed by atoms with Gasteiger partial charge < -0.3 is 19.3 Å². The van der Waals surface area contributed by atoms with Crippen molar-refractivity contribution in [2.24, 2.45) is 11.8 Å². The average molecular weight is 370 g/mol. The summed E-state index contributed by atoms with van der Waals surface area (Å²) >= 11 is 0. The normalized spacial score (nSPS) is 25.9. The maximum atomic E-state index is 10.6. The van der Waals surface area contributed by atoms with Crippen molar-refractivity contribution in [3.05, 3.63) is 46.9 Å². The third-order valence-electron chi connectivity index (χ3n) is 5.87. The Morgan fingerprint density at radius 1 is 1.30 bits per heavy atom. The lowest BCUT2D eigenvalue weighted by Gasteiger charge is -2.37. The molecule has 0 fully saturated rings. The van der Waals surface area contributed by atoms with Crippen LogP contribution in [0.5, 0.6) is 11.5 Å². The first-order chi connectivity index (χ1) is 13.0. The second-order valence-corrected chi connectivity index (χ2v) is 8.53. The van der Waals surface area contributed by atoms with Gasteiger partial charge in [-0.25, -0.2) is 0 Å². The average Bonchev–Trinajstić information content (AvgIpc) is 2.65. The Bertz CT molecular complexity index is 775. The quantitative estimate of drug-likeness (QED) is 0.800. The highest BCUT2D eigenvalue weighted by Crippen LogP contribution is 2.44. The van der Waals surface area contributed by atoms with Crippen LogP contribution in [0, 0.1) is 11.8 Å². The van der Waals surface area contributed by atoms with E-state index in [1.54, 1.807) is 6.08 Å². The zero-order chi connectivity index (χ0) is 19.0. The van der Waals surface area contributed by atoms with E-state index in [0.29, 0.717) is 19.0 Å². The monoisotopic (exact) mass is 370 g/mol. The summed E-state index contributed by atoms with van der Waals surface area (Å²) < 4.78 is 18.0. The first kappa shape index (κ1) is 18.3. The van der Waals surface area contributed by atoms with Gasteiger partial charge in [-0.1, -0.05) is 13.0 Å². The minimum Gasteiger partial charge on any atom is -0.512 e. The molecule has 0 amide bonds.